The number of hydrogen-bond donors (Lipinski definition) is 0. The SMILES string of the molecule is COC(=O)c1nc2n(Cc3ccc(Cl)nc3)c(C)cc(=O)n2n1. The number of rotatable bonds is 3. The Hall–Kier alpha value is -2.74. The van der Waals surface area contributed by atoms with Gasteiger partial charge in [-0.3, -0.25) is 4.79 Å². The second kappa shape index (κ2) is 5.81. The molecular weight excluding hydrogens is 322 g/mol. The molecule has 0 spiro atoms. The first-order valence-electron chi connectivity index (χ1n) is 6.65. The van der Waals surface area contributed by atoms with Gasteiger partial charge in [0.25, 0.3) is 11.4 Å². The summed E-state index contributed by atoms with van der Waals surface area (Å²) in [6, 6.07) is 4.92. The number of fused-ring (bicyclic) bond motifs is 1. The van der Waals surface area contributed by atoms with E-state index in [2.05, 4.69) is 19.8 Å². The van der Waals surface area contributed by atoms with E-state index in [9.17, 15) is 9.59 Å². The highest BCUT2D eigenvalue weighted by atomic mass is 35.5. The maximum absolute atomic E-state index is 12.0. The van der Waals surface area contributed by atoms with E-state index in [1.54, 1.807) is 23.8 Å². The summed E-state index contributed by atoms with van der Waals surface area (Å²) in [5.41, 5.74) is 1.18. The molecule has 8 nitrogen and oxygen atoms in total. The molecule has 118 valence electrons. The van der Waals surface area contributed by atoms with Crippen LogP contribution >= 0.6 is 11.6 Å². The fraction of sp³-hybridized carbons (Fsp3) is 0.214. The second-order valence-electron chi connectivity index (χ2n) is 4.84. The lowest BCUT2D eigenvalue weighted by Gasteiger charge is -2.11. The van der Waals surface area contributed by atoms with Crippen molar-refractivity contribution in [2.75, 3.05) is 7.11 Å². The van der Waals surface area contributed by atoms with Crippen molar-refractivity contribution in [3.05, 3.63) is 57.0 Å². The van der Waals surface area contributed by atoms with Crippen LogP contribution in [0.1, 0.15) is 21.9 Å². The average molecular weight is 334 g/mol. The molecular formula is C14H12ClN5O3. The molecule has 3 heterocycles. The minimum absolute atomic E-state index is 0.168. The van der Waals surface area contributed by atoms with Gasteiger partial charge in [0.1, 0.15) is 5.15 Å². The fourth-order valence-electron chi connectivity index (χ4n) is 2.16. The first kappa shape index (κ1) is 15.2. The Labute approximate surface area is 135 Å². The molecule has 3 aromatic heterocycles. The monoisotopic (exact) mass is 333 g/mol. The van der Waals surface area contributed by atoms with Gasteiger partial charge < -0.3 is 9.30 Å². The fourth-order valence-corrected chi connectivity index (χ4v) is 2.27. The maximum atomic E-state index is 12.0. The minimum atomic E-state index is -0.703. The molecule has 0 fully saturated rings. The van der Waals surface area contributed by atoms with E-state index in [1.807, 2.05) is 6.07 Å². The number of pyridine rings is 1. The molecule has 0 amide bonds. The first-order valence-corrected chi connectivity index (χ1v) is 7.03. The van der Waals surface area contributed by atoms with Gasteiger partial charge in [0.2, 0.25) is 5.78 Å². The quantitative estimate of drug-likeness (QED) is 0.526. The summed E-state index contributed by atoms with van der Waals surface area (Å²) >= 11 is 5.78. The lowest BCUT2D eigenvalue weighted by Crippen LogP contribution is -2.20. The number of halogens is 1. The molecule has 0 radical (unpaired) electrons. The highest BCUT2D eigenvalue weighted by Gasteiger charge is 2.17. The van der Waals surface area contributed by atoms with Gasteiger partial charge in [0.05, 0.1) is 13.7 Å². The molecule has 0 bridgehead atoms. The van der Waals surface area contributed by atoms with Crippen LogP contribution in [0.15, 0.2) is 29.2 Å². The zero-order valence-electron chi connectivity index (χ0n) is 12.4. The minimum Gasteiger partial charge on any atom is -0.463 e. The lowest BCUT2D eigenvalue weighted by molar-refractivity contribution is 0.0587. The third-order valence-electron chi connectivity index (χ3n) is 3.30. The van der Waals surface area contributed by atoms with Crippen molar-refractivity contribution in [3.63, 3.8) is 0 Å². The second-order valence-corrected chi connectivity index (χ2v) is 5.23. The zero-order chi connectivity index (χ0) is 16.6. The summed E-state index contributed by atoms with van der Waals surface area (Å²) in [5, 5.41) is 4.30. The van der Waals surface area contributed by atoms with Crippen LogP contribution in [0.25, 0.3) is 5.78 Å². The van der Waals surface area contributed by atoms with Gasteiger partial charge in [-0.25, -0.2) is 9.78 Å². The third-order valence-corrected chi connectivity index (χ3v) is 3.52. The topological polar surface area (TPSA) is 91.4 Å². The number of nitrogens with zero attached hydrogens (tertiary/aromatic N) is 5. The molecule has 0 unspecified atom stereocenters. The summed E-state index contributed by atoms with van der Waals surface area (Å²) in [4.78, 5) is 31.8. The Bertz CT molecular complexity index is 945. The number of carbonyl (C=O) groups excluding carboxylic acids is 1. The maximum Gasteiger partial charge on any atom is 0.378 e. The smallest absolute Gasteiger partial charge is 0.378 e. The van der Waals surface area contributed by atoms with Crippen LogP contribution in [-0.2, 0) is 11.3 Å². The largest absolute Gasteiger partial charge is 0.463 e. The van der Waals surface area contributed by atoms with Gasteiger partial charge in [0, 0.05) is 18.0 Å². The van der Waals surface area contributed by atoms with Gasteiger partial charge in [-0.05, 0) is 18.6 Å². The Kier molecular flexibility index (Phi) is 3.83. The molecule has 0 atom stereocenters. The van der Waals surface area contributed by atoms with Crippen molar-refractivity contribution >= 4 is 23.3 Å². The molecule has 0 aromatic carbocycles. The van der Waals surface area contributed by atoms with E-state index < -0.39 is 5.97 Å². The van der Waals surface area contributed by atoms with Crippen LogP contribution in [0, 0.1) is 6.92 Å². The van der Waals surface area contributed by atoms with E-state index in [1.165, 1.54) is 13.2 Å². The normalized spacial score (nSPS) is 10.9. The molecule has 0 saturated heterocycles. The van der Waals surface area contributed by atoms with E-state index >= 15 is 0 Å². The molecule has 3 rings (SSSR count). The Morgan fingerprint density at radius 3 is 2.83 bits per heavy atom. The summed E-state index contributed by atoms with van der Waals surface area (Å²) in [6.45, 7) is 2.18. The van der Waals surface area contributed by atoms with Gasteiger partial charge in [-0.1, -0.05) is 17.7 Å². The summed E-state index contributed by atoms with van der Waals surface area (Å²) in [5.74, 6) is -0.617. The number of aromatic nitrogens is 5. The number of carbonyl (C=O) groups is 1. The number of aryl methyl sites for hydroxylation is 1. The van der Waals surface area contributed by atoms with Crippen LogP contribution in [0.2, 0.25) is 5.15 Å². The van der Waals surface area contributed by atoms with E-state index in [-0.39, 0.29) is 17.2 Å². The standard InChI is InChI=1S/C14H12ClN5O3/c1-8-5-11(21)20-14(17-12(18-20)13(22)23-2)19(8)7-9-3-4-10(15)16-6-9/h3-6H,7H2,1-2H3. The molecule has 0 saturated carbocycles. The number of hydrogen-bond acceptors (Lipinski definition) is 6. The van der Waals surface area contributed by atoms with Crippen molar-refractivity contribution in [1.82, 2.24) is 24.1 Å². The van der Waals surface area contributed by atoms with E-state index in [0.717, 1.165) is 10.1 Å². The Morgan fingerprint density at radius 1 is 1.39 bits per heavy atom. The Balaban J connectivity index is 2.15. The van der Waals surface area contributed by atoms with Gasteiger partial charge >= 0.3 is 5.97 Å². The molecule has 0 aliphatic heterocycles. The number of ether oxygens (including phenoxy) is 1. The lowest BCUT2D eigenvalue weighted by atomic mass is 10.2. The average Bonchev–Trinajstić information content (AvgIpc) is 2.98. The first-order chi connectivity index (χ1) is 11.0. The van der Waals surface area contributed by atoms with Gasteiger partial charge in [-0.2, -0.15) is 9.50 Å². The predicted octanol–water partition coefficient (Wildman–Crippen LogP) is 1.08. The zero-order valence-corrected chi connectivity index (χ0v) is 13.1. The number of methoxy groups -OCH3 is 1. The van der Waals surface area contributed by atoms with Crippen LogP contribution < -0.4 is 5.56 Å². The van der Waals surface area contributed by atoms with Gasteiger partial charge in [0.15, 0.2) is 0 Å². The van der Waals surface area contributed by atoms with Gasteiger partial charge in [-0.15, -0.1) is 5.10 Å². The summed E-state index contributed by atoms with van der Waals surface area (Å²) < 4.78 is 7.42. The van der Waals surface area contributed by atoms with E-state index in [0.29, 0.717) is 17.4 Å². The molecule has 0 N–H and O–H groups in total. The van der Waals surface area contributed by atoms with E-state index in [4.69, 9.17) is 11.6 Å². The molecule has 0 aliphatic rings. The van der Waals surface area contributed by atoms with Crippen molar-refractivity contribution in [3.8, 4) is 0 Å². The predicted molar refractivity (Wildman–Crippen MR) is 81.7 cm³/mol. The highest BCUT2D eigenvalue weighted by molar-refractivity contribution is 6.29. The molecule has 23 heavy (non-hydrogen) atoms. The third kappa shape index (κ3) is 2.80. The van der Waals surface area contributed by atoms with Crippen molar-refractivity contribution < 1.29 is 9.53 Å². The summed E-state index contributed by atoms with van der Waals surface area (Å²) in [7, 11) is 1.23. The highest BCUT2D eigenvalue weighted by Crippen LogP contribution is 2.11. The van der Waals surface area contributed by atoms with Crippen molar-refractivity contribution in [2.24, 2.45) is 0 Å². The van der Waals surface area contributed by atoms with Crippen LogP contribution in [0.3, 0.4) is 0 Å². The van der Waals surface area contributed by atoms with Crippen molar-refractivity contribution in [1.29, 1.82) is 0 Å². The Morgan fingerprint density at radius 2 is 2.17 bits per heavy atom. The van der Waals surface area contributed by atoms with Crippen LogP contribution in [0.4, 0.5) is 0 Å². The molecule has 9 heteroatoms. The van der Waals surface area contributed by atoms with Crippen LogP contribution in [-0.4, -0.2) is 37.2 Å². The molecule has 3 aromatic rings. The van der Waals surface area contributed by atoms with Crippen LogP contribution in [0.5, 0.6) is 0 Å². The number of esters is 1. The van der Waals surface area contributed by atoms with Crippen molar-refractivity contribution in [2.45, 2.75) is 13.5 Å². The summed E-state index contributed by atoms with van der Waals surface area (Å²) in [6.07, 6.45) is 1.63. The molecule has 0 aliphatic carbocycles.